The van der Waals surface area contributed by atoms with Crippen molar-refractivity contribution in [2.45, 2.75) is 6.92 Å². The maximum atomic E-state index is 13.3. The summed E-state index contributed by atoms with van der Waals surface area (Å²) in [7, 11) is 1.18. The Morgan fingerprint density at radius 1 is 1.64 bits per heavy atom. The average Bonchev–Trinajstić information content (AvgIpc) is 2.14. The van der Waals surface area contributed by atoms with E-state index < -0.39 is 11.8 Å². The van der Waals surface area contributed by atoms with Crippen molar-refractivity contribution in [3.8, 4) is 0 Å². The van der Waals surface area contributed by atoms with Crippen molar-refractivity contribution in [2.24, 2.45) is 0 Å². The molecule has 0 fully saturated rings. The van der Waals surface area contributed by atoms with Gasteiger partial charge in [-0.2, -0.15) is 0 Å². The number of hydrogen-bond acceptors (Lipinski definition) is 2. The summed E-state index contributed by atoms with van der Waals surface area (Å²) in [4.78, 5) is 11.2. The lowest BCUT2D eigenvalue weighted by Crippen LogP contribution is -2.06. The zero-order valence-corrected chi connectivity index (χ0v) is 9.87. The quantitative estimate of drug-likeness (QED) is 0.738. The fraction of sp³-hybridized carbons (Fsp3) is 0.222. The maximum Gasteiger partial charge on any atom is 0.342 e. The van der Waals surface area contributed by atoms with Crippen LogP contribution in [0.5, 0.6) is 0 Å². The smallest absolute Gasteiger partial charge is 0.342 e. The van der Waals surface area contributed by atoms with Gasteiger partial charge >= 0.3 is 5.97 Å². The Morgan fingerprint density at radius 3 is 2.71 bits per heavy atom. The monoisotopic (exact) mass is 280 g/mol. The standard InChI is InChI=1S/C9H7BrClFO2/c1-4-5(10)3-6(12)7(8(4)11)9(13)14-2/h3H,1-2H3. The van der Waals surface area contributed by atoms with Crippen LogP contribution in [0.25, 0.3) is 0 Å². The van der Waals surface area contributed by atoms with Crippen LogP contribution in [0, 0.1) is 12.7 Å². The largest absolute Gasteiger partial charge is 0.465 e. The van der Waals surface area contributed by atoms with E-state index in [0.29, 0.717) is 10.0 Å². The lowest BCUT2D eigenvalue weighted by Gasteiger charge is -2.07. The first kappa shape index (κ1) is 11.5. The van der Waals surface area contributed by atoms with E-state index in [0.717, 1.165) is 0 Å². The minimum atomic E-state index is -0.775. The second-order valence-corrected chi connectivity index (χ2v) is 3.88. The van der Waals surface area contributed by atoms with Crippen molar-refractivity contribution in [2.75, 3.05) is 7.11 Å². The fourth-order valence-corrected chi connectivity index (χ4v) is 1.76. The van der Waals surface area contributed by atoms with Gasteiger partial charge in [-0.15, -0.1) is 0 Å². The topological polar surface area (TPSA) is 26.3 Å². The van der Waals surface area contributed by atoms with Crippen molar-refractivity contribution in [1.82, 2.24) is 0 Å². The van der Waals surface area contributed by atoms with Crippen LogP contribution in [-0.2, 0) is 4.74 Å². The molecule has 1 aromatic rings. The van der Waals surface area contributed by atoms with Crippen molar-refractivity contribution >= 4 is 33.5 Å². The molecular formula is C9H7BrClFO2. The van der Waals surface area contributed by atoms with E-state index in [2.05, 4.69) is 20.7 Å². The minimum absolute atomic E-state index is 0.0729. The first-order valence-corrected chi connectivity index (χ1v) is 4.88. The first-order chi connectivity index (χ1) is 6.49. The molecule has 1 rings (SSSR count). The first-order valence-electron chi connectivity index (χ1n) is 3.71. The Labute approximate surface area is 94.1 Å². The van der Waals surface area contributed by atoms with Crippen molar-refractivity contribution in [1.29, 1.82) is 0 Å². The normalized spacial score (nSPS) is 10.1. The van der Waals surface area contributed by atoms with Crippen LogP contribution in [0.3, 0.4) is 0 Å². The zero-order chi connectivity index (χ0) is 10.9. The Balaban J connectivity index is 3.44. The van der Waals surface area contributed by atoms with Crippen LogP contribution >= 0.6 is 27.5 Å². The molecule has 0 N–H and O–H groups in total. The highest BCUT2D eigenvalue weighted by atomic mass is 79.9. The molecule has 0 saturated carbocycles. The molecule has 0 radical (unpaired) electrons. The Hall–Kier alpha value is -0.610. The Kier molecular flexibility index (Phi) is 3.50. The summed E-state index contributed by atoms with van der Waals surface area (Å²) in [5.74, 6) is -1.47. The zero-order valence-electron chi connectivity index (χ0n) is 7.53. The van der Waals surface area contributed by atoms with Crippen LogP contribution in [0.15, 0.2) is 10.5 Å². The molecule has 5 heteroatoms. The highest BCUT2D eigenvalue weighted by Crippen LogP contribution is 2.30. The number of esters is 1. The summed E-state index contributed by atoms with van der Waals surface area (Å²) in [6.45, 7) is 1.68. The number of carbonyl (C=O) groups is 1. The van der Waals surface area contributed by atoms with Gasteiger partial charge in [0.2, 0.25) is 0 Å². The van der Waals surface area contributed by atoms with Gasteiger partial charge in [0.25, 0.3) is 0 Å². The predicted octanol–water partition coefficient (Wildman–Crippen LogP) is 3.34. The van der Waals surface area contributed by atoms with Crippen LogP contribution in [0.1, 0.15) is 15.9 Å². The number of ether oxygens (including phenoxy) is 1. The molecule has 14 heavy (non-hydrogen) atoms. The highest BCUT2D eigenvalue weighted by molar-refractivity contribution is 9.10. The summed E-state index contributed by atoms with van der Waals surface area (Å²) in [5, 5.41) is 0.0729. The molecule has 1 aromatic carbocycles. The van der Waals surface area contributed by atoms with Crippen LogP contribution in [-0.4, -0.2) is 13.1 Å². The Morgan fingerprint density at radius 2 is 2.21 bits per heavy atom. The maximum absolute atomic E-state index is 13.3. The molecule has 0 saturated heterocycles. The van der Waals surface area contributed by atoms with Gasteiger partial charge in [-0.3, -0.25) is 0 Å². The molecule has 0 amide bonds. The number of benzene rings is 1. The molecule has 0 unspecified atom stereocenters. The number of methoxy groups -OCH3 is 1. The second kappa shape index (κ2) is 4.28. The molecule has 0 aromatic heterocycles. The summed E-state index contributed by atoms with van der Waals surface area (Å²) in [6.07, 6.45) is 0. The third-order valence-corrected chi connectivity index (χ3v) is 3.08. The molecule has 0 aliphatic rings. The van der Waals surface area contributed by atoms with Gasteiger partial charge in [-0.25, -0.2) is 9.18 Å². The van der Waals surface area contributed by atoms with E-state index in [1.165, 1.54) is 13.2 Å². The number of carbonyl (C=O) groups excluding carboxylic acids is 1. The van der Waals surface area contributed by atoms with E-state index >= 15 is 0 Å². The predicted molar refractivity (Wildman–Crippen MR) is 55.2 cm³/mol. The number of hydrogen-bond donors (Lipinski definition) is 0. The molecule has 0 atom stereocenters. The van der Waals surface area contributed by atoms with E-state index in [9.17, 15) is 9.18 Å². The highest BCUT2D eigenvalue weighted by Gasteiger charge is 2.19. The SMILES string of the molecule is COC(=O)c1c(F)cc(Br)c(C)c1Cl. The summed E-state index contributed by atoms with van der Waals surface area (Å²) in [5.41, 5.74) is 0.378. The lowest BCUT2D eigenvalue weighted by atomic mass is 10.1. The molecule has 2 nitrogen and oxygen atoms in total. The molecule has 0 aliphatic heterocycles. The third-order valence-electron chi connectivity index (χ3n) is 1.79. The van der Waals surface area contributed by atoms with E-state index in [-0.39, 0.29) is 10.6 Å². The number of rotatable bonds is 1. The van der Waals surface area contributed by atoms with E-state index in [1.807, 2.05) is 0 Å². The van der Waals surface area contributed by atoms with Crippen LogP contribution < -0.4 is 0 Å². The summed E-state index contributed by atoms with van der Waals surface area (Å²) in [6, 6.07) is 1.19. The van der Waals surface area contributed by atoms with Crippen molar-refractivity contribution < 1.29 is 13.9 Å². The van der Waals surface area contributed by atoms with Gasteiger partial charge in [0.05, 0.1) is 12.1 Å². The molecule has 0 heterocycles. The summed E-state index contributed by atoms with van der Waals surface area (Å²) >= 11 is 8.93. The third kappa shape index (κ3) is 1.91. The molecule has 0 spiro atoms. The fourth-order valence-electron chi connectivity index (χ4n) is 0.978. The second-order valence-electron chi connectivity index (χ2n) is 2.65. The van der Waals surface area contributed by atoms with Gasteiger partial charge in [-0.1, -0.05) is 27.5 Å². The van der Waals surface area contributed by atoms with Crippen molar-refractivity contribution in [3.05, 3.63) is 32.5 Å². The molecule has 76 valence electrons. The van der Waals surface area contributed by atoms with Gasteiger partial charge in [0.15, 0.2) is 0 Å². The van der Waals surface area contributed by atoms with Gasteiger partial charge in [0, 0.05) is 4.47 Å². The number of halogens is 3. The van der Waals surface area contributed by atoms with Gasteiger partial charge in [-0.05, 0) is 18.6 Å². The van der Waals surface area contributed by atoms with Crippen LogP contribution in [0.4, 0.5) is 4.39 Å². The minimum Gasteiger partial charge on any atom is -0.465 e. The van der Waals surface area contributed by atoms with Crippen LogP contribution in [0.2, 0.25) is 5.02 Å². The van der Waals surface area contributed by atoms with E-state index in [4.69, 9.17) is 11.6 Å². The van der Waals surface area contributed by atoms with Crippen molar-refractivity contribution in [3.63, 3.8) is 0 Å². The summed E-state index contributed by atoms with van der Waals surface area (Å²) < 4.78 is 18.2. The molecule has 0 aliphatic carbocycles. The lowest BCUT2D eigenvalue weighted by molar-refractivity contribution is 0.0595. The average molecular weight is 282 g/mol. The van der Waals surface area contributed by atoms with E-state index in [1.54, 1.807) is 6.92 Å². The van der Waals surface area contributed by atoms with Gasteiger partial charge < -0.3 is 4.74 Å². The van der Waals surface area contributed by atoms with Gasteiger partial charge in [0.1, 0.15) is 11.4 Å². The molecular weight excluding hydrogens is 274 g/mol. The molecule has 0 bridgehead atoms. The Bertz CT molecular complexity index is 393.